The molecule has 1 unspecified atom stereocenters. The van der Waals surface area contributed by atoms with Crippen molar-refractivity contribution in [3.05, 3.63) is 35.1 Å². The van der Waals surface area contributed by atoms with Crippen LogP contribution in [0.3, 0.4) is 0 Å². The van der Waals surface area contributed by atoms with Crippen LogP contribution in [0.4, 0.5) is 4.39 Å². The number of hydrogen-bond acceptors (Lipinski definition) is 3. The van der Waals surface area contributed by atoms with Gasteiger partial charge in [0.25, 0.3) is 0 Å². The minimum absolute atomic E-state index is 0.0456. The van der Waals surface area contributed by atoms with E-state index in [0.29, 0.717) is 6.54 Å². The van der Waals surface area contributed by atoms with Crippen molar-refractivity contribution >= 4 is 0 Å². The van der Waals surface area contributed by atoms with Crippen LogP contribution in [-0.2, 0) is 0 Å². The van der Waals surface area contributed by atoms with Crippen molar-refractivity contribution < 1.29 is 4.39 Å². The Morgan fingerprint density at radius 2 is 2.13 bits per heavy atom. The van der Waals surface area contributed by atoms with Gasteiger partial charge in [-0.25, -0.2) is 14.8 Å². The molecule has 0 bridgehead atoms. The zero-order valence-electron chi connectivity index (χ0n) is 9.42. The van der Waals surface area contributed by atoms with Gasteiger partial charge < -0.3 is 5.73 Å². The molecule has 84 valence electrons. The summed E-state index contributed by atoms with van der Waals surface area (Å²) in [6.07, 6.45) is 0. The quantitative estimate of drug-likeness (QED) is 0.735. The Morgan fingerprint density at radius 1 is 1.47 bits per heavy atom. The van der Waals surface area contributed by atoms with Gasteiger partial charge in [-0.2, -0.15) is 0 Å². The van der Waals surface area contributed by atoms with Crippen molar-refractivity contribution in [1.82, 2.24) is 10.4 Å². The molecule has 3 nitrogen and oxygen atoms in total. The summed E-state index contributed by atoms with van der Waals surface area (Å²) >= 11 is 0. The zero-order valence-corrected chi connectivity index (χ0v) is 9.42. The highest BCUT2D eigenvalue weighted by molar-refractivity contribution is 5.29. The predicted molar refractivity (Wildman–Crippen MR) is 59.8 cm³/mol. The molecule has 0 radical (unpaired) electrons. The summed E-state index contributed by atoms with van der Waals surface area (Å²) < 4.78 is 13.1. The largest absolute Gasteiger partial charge is 0.329 e. The SMILES string of the molecule is Cc1ccc(F)cc1C(CN)NN(C)C. The molecular formula is C11H18FN3. The van der Waals surface area contributed by atoms with Gasteiger partial charge in [-0.3, -0.25) is 0 Å². The summed E-state index contributed by atoms with van der Waals surface area (Å²) in [5, 5.41) is 1.82. The lowest BCUT2D eigenvalue weighted by Gasteiger charge is -2.23. The lowest BCUT2D eigenvalue weighted by molar-refractivity contribution is 0.245. The number of nitrogens with one attached hydrogen (secondary N) is 1. The Hall–Kier alpha value is -0.970. The highest BCUT2D eigenvalue weighted by atomic mass is 19.1. The molecular weight excluding hydrogens is 193 g/mol. The molecule has 0 fully saturated rings. The molecule has 15 heavy (non-hydrogen) atoms. The van der Waals surface area contributed by atoms with Crippen molar-refractivity contribution in [2.75, 3.05) is 20.6 Å². The summed E-state index contributed by atoms with van der Waals surface area (Å²) in [5.74, 6) is -0.227. The fourth-order valence-corrected chi connectivity index (χ4v) is 1.55. The summed E-state index contributed by atoms with van der Waals surface area (Å²) in [6.45, 7) is 2.39. The number of halogens is 1. The van der Waals surface area contributed by atoms with Gasteiger partial charge in [0.05, 0.1) is 6.04 Å². The smallest absolute Gasteiger partial charge is 0.123 e. The van der Waals surface area contributed by atoms with E-state index in [2.05, 4.69) is 5.43 Å². The Labute approximate surface area is 90.0 Å². The van der Waals surface area contributed by atoms with E-state index in [9.17, 15) is 4.39 Å². The van der Waals surface area contributed by atoms with E-state index in [1.54, 1.807) is 6.07 Å². The maximum absolute atomic E-state index is 13.1. The zero-order chi connectivity index (χ0) is 11.4. The number of rotatable bonds is 4. The van der Waals surface area contributed by atoms with Crippen LogP contribution >= 0.6 is 0 Å². The third-order valence-corrected chi connectivity index (χ3v) is 2.27. The third-order valence-electron chi connectivity index (χ3n) is 2.27. The van der Waals surface area contributed by atoms with Crippen LogP contribution in [0.1, 0.15) is 17.2 Å². The van der Waals surface area contributed by atoms with Crippen LogP contribution < -0.4 is 11.2 Å². The molecule has 0 spiro atoms. The molecule has 0 aliphatic carbocycles. The van der Waals surface area contributed by atoms with Gasteiger partial charge in [-0.15, -0.1) is 0 Å². The fourth-order valence-electron chi connectivity index (χ4n) is 1.55. The molecule has 0 aliphatic rings. The van der Waals surface area contributed by atoms with Crippen LogP contribution in [0.15, 0.2) is 18.2 Å². The highest BCUT2D eigenvalue weighted by Gasteiger charge is 2.13. The van der Waals surface area contributed by atoms with E-state index in [-0.39, 0.29) is 11.9 Å². The van der Waals surface area contributed by atoms with Crippen LogP contribution in [0.25, 0.3) is 0 Å². The monoisotopic (exact) mass is 211 g/mol. The molecule has 1 rings (SSSR count). The van der Waals surface area contributed by atoms with Gasteiger partial charge in [0.2, 0.25) is 0 Å². The number of nitrogens with zero attached hydrogens (tertiary/aromatic N) is 1. The van der Waals surface area contributed by atoms with Gasteiger partial charge in [-0.1, -0.05) is 6.07 Å². The van der Waals surface area contributed by atoms with Crippen LogP contribution in [-0.4, -0.2) is 25.6 Å². The van der Waals surface area contributed by atoms with E-state index in [1.807, 2.05) is 26.0 Å². The van der Waals surface area contributed by atoms with E-state index >= 15 is 0 Å². The number of aryl methyl sites for hydroxylation is 1. The van der Waals surface area contributed by atoms with Gasteiger partial charge in [0.1, 0.15) is 5.82 Å². The van der Waals surface area contributed by atoms with E-state index in [0.717, 1.165) is 11.1 Å². The Bertz CT molecular complexity index is 326. The third kappa shape index (κ3) is 3.27. The van der Waals surface area contributed by atoms with Crippen molar-refractivity contribution in [2.24, 2.45) is 5.73 Å². The first kappa shape index (κ1) is 12.1. The molecule has 3 N–H and O–H groups in total. The average molecular weight is 211 g/mol. The van der Waals surface area contributed by atoms with Crippen LogP contribution in [0, 0.1) is 12.7 Å². The second-order valence-electron chi connectivity index (χ2n) is 3.81. The second kappa shape index (κ2) is 5.21. The molecule has 0 aliphatic heterocycles. The van der Waals surface area contributed by atoms with Crippen LogP contribution in [0.2, 0.25) is 0 Å². The first-order valence-electron chi connectivity index (χ1n) is 4.94. The molecule has 0 saturated heterocycles. The molecule has 0 aromatic heterocycles. The topological polar surface area (TPSA) is 41.3 Å². The Morgan fingerprint density at radius 3 is 2.67 bits per heavy atom. The summed E-state index contributed by atoms with van der Waals surface area (Å²) in [7, 11) is 3.77. The Kier molecular flexibility index (Phi) is 4.20. The number of benzene rings is 1. The highest BCUT2D eigenvalue weighted by Crippen LogP contribution is 2.18. The van der Waals surface area contributed by atoms with E-state index in [1.165, 1.54) is 12.1 Å². The van der Waals surface area contributed by atoms with Gasteiger partial charge in [-0.05, 0) is 30.2 Å². The minimum atomic E-state index is -0.227. The van der Waals surface area contributed by atoms with Crippen molar-refractivity contribution in [3.8, 4) is 0 Å². The number of nitrogens with two attached hydrogens (primary N) is 1. The van der Waals surface area contributed by atoms with Gasteiger partial charge >= 0.3 is 0 Å². The standard InChI is InChI=1S/C11H18FN3/c1-8-4-5-9(12)6-10(8)11(7-13)14-15(2)3/h4-6,11,14H,7,13H2,1-3H3. The first-order chi connectivity index (χ1) is 7.04. The molecule has 1 aromatic carbocycles. The Balaban J connectivity index is 2.95. The van der Waals surface area contributed by atoms with E-state index < -0.39 is 0 Å². The molecule has 0 saturated carbocycles. The average Bonchev–Trinajstić information content (AvgIpc) is 2.18. The van der Waals surface area contributed by atoms with Crippen molar-refractivity contribution in [3.63, 3.8) is 0 Å². The molecule has 0 heterocycles. The first-order valence-corrected chi connectivity index (χ1v) is 4.94. The summed E-state index contributed by atoms with van der Waals surface area (Å²) in [5.41, 5.74) is 10.8. The summed E-state index contributed by atoms with van der Waals surface area (Å²) in [6, 6.07) is 4.71. The molecule has 1 aromatic rings. The van der Waals surface area contributed by atoms with E-state index in [4.69, 9.17) is 5.73 Å². The second-order valence-corrected chi connectivity index (χ2v) is 3.81. The summed E-state index contributed by atoms with van der Waals surface area (Å²) in [4.78, 5) is 0. The predicted octanol–water partition coefficient (Wildman–Crippen LogP) is 1.20. The minimum Gasteiger partial charge on any atom is -0.329 e. The van der Waals surface area contributed by atoms with Crippen molar-refractivity contribution in [1.29, 1.82) is 0 Å². The van der Waals surface area contributed by atoms with Gasteiger partial charge in [0.15, 0.2) is 0 Å². The van der Waals surface area contributed by atoms with Crippen molar-refractivity contribution in [2.45, 2.75) is 13.0 Å². The normalized spacial score (nSPS) is 13.2. The maximum Gasteiger partial charge on any atom is 0.123 e. The van der Waals surface area contributed by atoms with Gasteiger partial charge in [0, 0.05) is 20.6 Å². The number of hydrogen-bond donors (Lipinski definition) is 2. The molecule has 4 heteroatoms. The maximum atomic E-state index is 13.1. The number of hydrazine groups is 1. The van der Waals surface area contributed by atoms with Crippen LogP contribution in [0.5, 0.6) is 0 Å². The fraction of sp³-hybridized carbons (Fsp3) is 0.455. The lowest BCUT2D eigenvalue weighted by Crippen LogP contribution is -2.38. The molecule has 1 atom stereocenters. The lowest BCUT2D eigenvalue weighted by atomic mass is 10.0. The molecule has 0 amide bonds.